The normalized spacial score (nSPS) is 10.2. The van der Waals surface area contributed by atoms with Gasteiger partial charge in [-0.25, -0.2) is 4.79 Å². The van der Waals surface area contributed by atoms with Crippen molar-refractivity contribution < 1.29 is 9.53 Å². The van der Waals surface area contributed by atoms with Gasteiger partial charge in [-0.05, 0) is 55.2 Å². The molecule has 0 atom stereocenters. The van der Waals surface area contributed by atoms with Crippen LogP contribution >= 0.6 is 0 Å². The number of hydrogen-bond acceptors (Lipinski definition) is 2. The number of anilines is 1. The first kappa shape index (κ1) is 16.9. The highest BCUT2D eigenvalue weighted by molar-refractivity contribution is 5.89. The number of urea groups is 1. The van der Waals surface area contributed by atoms with Gasteiger partial charge in [-0.3, -0.25) is 0 Å². The van der Waals surface area contributed by atoms with Crippen molar-refractivity contribution in [3.63, 3.8) is 0 Å². The van der Waals surface area contributed by atoms with Crippen molar-refractivity contribution in [3.8, 4) is 5.75 Å². The molecule has 4 nitrogen and oxygen atoms in total. The number of aryl methyl sites for hydroxylation is 3. The number of benzene rings is 2. The Hall–Kier alpha value is -2.49. The predicted octanol–water partition coefficient (Wildman–Crippen LogP) is 4.07. The Kier molecular flexibility index (Phi) is 6.03. The fourth-order valence-corrected chi connectivity index (χ4v) is 2.19. The first-order chi connectivity index (χ1) is 11.1. The van der Waals surface area contributed by atoms with Gasteiger partial charge in [-0.1, -0.05) is 31.2 Å². The first-order valence-corrected chi connectivity index (χ1v) is 7.92. The SMILES string of the molecule is CCc1ccc(NC(=O)NCCOc2cc(C)ccc2C)cc1. The minimum Gasteiger partial charge on any atom is -0.491 e. The van der Waals surface area contributed by atoms with E-state index in [2.05, 4.69) is 23.6 Å². The third-order valence-electron chi connectivity index (χ3n) is 3.61. The number of hydrogen-bond donors (Lipinski definition) is 2. The highest BCUT2D eigenvalue weighted by atomic mass is 16.5. The number of carbonyl (C=O) groups excluding carboxylic acids is 1. The van der Waals surface area contributed by atoms with Crippen LogP contribution in [0.2, 0.25) is 0 Å². The zero-order chi connectivity index (χ0) is 16.7. The van der Waals surface area contributed by atoms with Gasteiger partial charge in [0, 0.05) is 5.69 Å². The molecule has 0 saturated heterocycles. The number of rotatable bonds is 6. The van der Waals surface area contributed by atoms with Crippen molar-refractivity contribution in [2.45, 2.75) is 27.2 Å². The Morgan fingerprint density at radius 3 is 2.52 bits per heavy atom. The molecule has 2 aromatic carbocycles. The van der Waals surface area contributed by atoms with Crippen LogP contribution in [0.4, 0.5) is 10.5 Å². The summed E-state index contributed by atoms with van der Waals surface area (Å²) in [5.74, 6) is 0.863. The topological polar surface area (TPSA) is 50.4 Å². The van der Waals surface area contributed by atoms with E-state index >= 15 is 0 Å². The van der Waals surface area contributed by atoms with Crippen LogP contribution in [0.1, 0.15) is 23.6 Å². The molecule has 0 aliphatic rings. The van der Waals surface area contributed by atoms with Crippen molar-refractivity contribution in [1.29, 1.82) is 0 Å². The average molecular weight is 312 g/mol. The van der Waals surface area contributed by atoms with Crippen LogP contribution in [0.5, 0.6) is 5.75 Å². The van der Waals surface area contributed by atoms with Crippen molar-refractivity contribution >= 4 is 11.7 Å². The molecular weight excluding hydrogens is 288 g/mol. The molecule has 2 amide bonds. The van der Waals surface area contributed by atoms with E-state index in [4.69, 9.17) is 4.74 Å². The Balaban J connectivity index is 1.73. The third kappa shape index (κ3) is 5.33. The van der Waals surface area contributed by atoms with Gasteiger partial charge in [0.25, 0.3) is 0 Å². The highest BCUT2D eigenvalue weighted by Gasteiger charge is 2.03. The van der Waals surface area contributed by atoms with Crippen molar-refractivity contribution in [2.24, 2.45) is 0 Å². The van der Waals surface area contributed by atoms with Gasteiger partial charge in [0.05, 0.1) is 6.54 Å². The fourth-order valence-electron chi connectivity index (χ4n) is 2.19. The molecule has 0 unspecified atom stereocenters. The maximum atomic E-state index is 11.8. The lowest BCUT2D eigenvalue weighted by Crippen LogP contribution is -2.32. The second-order valence-corrected chi connectivity index (χ2v) is 5.55. The molecule has 0 radical (unpaired) electrons. The molecule has 0 aliphatic heterocycles. The smallest absolute Gasteiger partial charge is 0.319 e. The van der Waals surface area contributed by atoms with E-state index in [1.807, 2.05) is 50.2 Å². The molecule has 0 aromatic heterocycles. The molecular formula is C19H24N2O2. The number of nitrogens with one attached hydrogen (secondary N) is 2. The number of carbonyl (C=O) groups is 1. The maximum Gasteiger partial charge on any atom is 0.319 e. The van der Waals surface area contributed by atoms with Gasteiger partial charge in [0.1, 0.15) is 12.4 Å². The number of ether oxygens (including phenoxy) is 1. The molecule has 0 bridgehead atoms. The van der Waals surface area contributed by atoms with E-state index in [1.54, 1.807) is 0 Å². The van der Waals surface area contributed by atoms with Crippen LogP contribution in [-0.2, 0) is 6.42 Å². The van der Waals surface area contributed by atoms with Crippen LogP contribution in [0, 0.1) is 13.8 Å². The molecule has 2 N–H and O–H groups in total. The third-order valence-corrected chi connectivity index (χ3v) is 3.61. The summed E-state index contributed by atoms with van der Waals surface area (Å²) in [6.07, 6.45) is 0.988. The van der Waals surface area contributed by atoms with E-state index in [-0.39, 0.29) is 6.03 Å². The zero-order valence-corrected chi connectivity index (χ0v) is 14.0. The van der Waals surface area contributed by atoms with Gasteiger partial charge in [-0.15, -0.1) is 0 Å². The maximum absolute atomic E-state index is 11.8. The summed E-state index contributed by atoms with van der Waals surface area (Å²) in [5, 5.41) is 5.60. The summed E-state index contributed by atoms with van der Waals surface area (Å²) >= 11 is 0. The molecule has 4 heteroatoms. The van der Waals surface area contributed by atoms with Crippen molar-refractivity contribution in [2.75, 3.05) is 18.5 Å². The fraction of sp³-hybridized carbons (Fsp3) is 0.316. The van der Waals surface area contributed by atoms with Crippen molar-refractivity contribution in [1.82, 2.24) is 5.32 Å². The molecule has 0 aliphatic carbocycles. The standard InChI is InChI=1S/C19H24N2O2/c1-4-16-7-9-17(10-8-16)21-19(22)20-11-12-23-18-13-14(2)5-6-15(18)3/h5-10,13H,4,11-12H2,1-3H3,(H2,20,21,22). The molecule has 0 spiro atoms. The van der Waals surface area contributed by atoms with Crippen LogP contribution in [0.15, 0.2) is 42.5 Å². The molecule has 122 valence electrons. The Bertz CT molecular complexity index is 651. The lowest BCUT2D eigenvalue weighted by Gasteiger charge is -2.11. The average Bonchev–Trinajstić information content (AvgIpc) is 2.55. The Morgan fingerprint density at radius 2 is 1.83 bits per heavy atom. The summed E-state index contributed by atoms with van der Waals surface area (Å²) < 4.78 is 5.71. The summed E-state index contributed by atoms with van der Waals surface area (Å²) in [6.45, 7) is 7.03. The zero-order valence-electron chi connectivity index (χ0n) is 14.0. The predicted molar refractivity (Wildman–Crippen MR) is 94.3 cm³/mol. The summed E-state index contributed by atoms with van der Waals surface area (Å²) in [4.78, 5) is 11.8. The second-order valence-electron chi connectivity index (χ2n) is 5.55. The second kappa shape index (κ2) is 8.22. The van der Waals surface area contributed by atoms with E-state index < -0.39 is 0 Å². The quantitative estimate of drug-likeness (QED) is 0.790. The molecule has 2 aromatic rings. The monoisotopic (exact) mass is 312 g/mol. The molecule has 0 fully saturated rings. The van der Waals surface area contributed by atoms with E-state index in [1.165, 1.54) is 5.56 Å². The molecule has 23 heavy (non-hydrogen) atoms. The number of amides is 2. The van der Waals surface area contributed by atoms with Crippen LogP contribution in [0.25, 0.3) is 0 Å². The minimum absolute atomic E-state index is 0.223. The summed E-state index contributed by atoms with van der Waals surface area (Å²) in [7, 11) is 0. The minimum atomic E-state index is -0.223. The lowest BCUT2D eigenvalue weighted by molar-refractivity contribution is 0.247. The largest absolute Gasteiger partial charge is 0.491 e. The van der Waals surface area contributed by atoms with Crippen LogP contribution in [0.3, 0.4) is 0 Å². The highest BCUT2D eigenvalue weighted by Crippen LogP contribution is 2.18. The molecule has 0 saturated carbocycles. The van der Waals surface area contributed by atoms with Gasteiger partial charge in [0.2, 0.25) is 0 Å². The summed E-state index contributed by atoms with van der Waals surface area (Å²) in [6, 6.07) is 13.7. The van der Waals surface area contributed by atoms with Gasteiger partial charge in [-0.2, -0.15) is 0 Å². The van der Waals surface area contributed by atoms with Gasteiger partial charge >= 0.3 is 6.03 Å². The van der Waals surface area contributed by atoms with Gasteiger partial charge in [0.15, 0.2) is 0 Å². The van der Waals surface area contributed by atoms with E-state index in [0.29, 0.717) is 13.2 Å². The van der Waals surface area contributed by atoms with Crippen molar-refractivity contribution in [3.05, 3.63) is 59.2 Å². The van der Waals surface area contributed by atoms with E-state index in [0.717, 1.165) is 29.0 Å². The Morgan fingerprint density at radius 1 is 1.09 bits per heavy atom. The Labute approximate surface area is 137 Å². The summed E-state index contributed by atoms with van der Waals surface area (Å²) in [5.41, 5.74) is 4.29. The van der Waals surface area contributed by atoms with E-state index in [9.17, 15) is 4.79 Å². The first-order valence-electron chi connectivity index (χ1n) is 7.92. The lowest BCUT2D eigenvalue weighted by atomic mass is 10.1. The molecule has 2 rings (SSSR count). The van der Waals surface area contributed by atoms with Crippen LogP contribution < -0.4 is 15.4 Å². The molecule has 0 heterocycles. The van der Waals surface area contributed by atoms with Crippen LogP contribution in [-0.4, -0.2) is 19.2 Å². The van der Waals surface area contributed by atoms with Gasteiger partial charge < -0.3 is 15.4 Å².